The summed E-state index contributed by atoms with van der Waals surface area (Å²) < 4.78 is 29.8. The lowest BCUT2D eigenvalue weighted by Crippen LogP contribution is -2.10. The van der Waals surface area contributed by atoms with Crippen LogP contribution in [0.15, 0.2) is 47.1 Å². The van der Waals surface area contributed by atoms with Gasteiger partial charge in [-0.25, -0.2) is 8.42 Å². The monoisotopic (exact) mass is 326 g/mol. The number of halogens is 1. The Kier molecular flexibility index (Phi) is 4.93. The summed E-state index contributed by atoms with van der Waals surface area (Å²) in [6.45, 7) is 0.593. The zero-order valence-corrected chi connectivity index (χ0v) is 12.9. The fraction of sp³-hybridized carbons (Fsp3) is 0.143. The molecule has 0 aliphatic carbocycles. The lowest BCUT2D eigenvalue weighted by Gasteiger charge is -2.09. The van der Waals surface area contributed by atoms with E-state index in [1.165, 1.54) is 0 Å². The molecule has 21 heavy (non-hydrogen) atoms. The third-order valence-corrected chi connectivity index (χ3v) is 3.42. The summed E-state index contributed by atoms with van der Waals surface area (Å²) in [5.74, 6) is 0.780. The van der Waals surface area contributed by atoms with Gasteiger partial charge in [0.05, 0.1) is 23.2 Å². The highest BCUT2D eigenvalue weighted by atomic mass is 35.5. The predicted octanol–water partition coefficient (Wildman–Crippen LogP) is 3.43. The topological polar surface area (TPSA) is 71.3 Å². The summed E-state index contributed by atoms with van der Waals surface area (Å²) in [4.78, 5) is 0. The highest BCUT2D eigenvalue weighted by Crippen LogP contribution is 2.26. The summed E-state index contributed by atoms with van der Waals surface area (Å²) in [6, 6.07) is 8.71. The number of anilines is 2. The van der Waals surface area contributed by atoms with Crippen LogP contribution in [0, 0.1) is 0 Å². The number of hydrogen-bond acceptors (Lipinski definition) is 4. The Hall–Kier alpha value is -1.92. The Balaban J connectivity index is 1.94. The molecule has 7 heteroatoms. The van der Waals surface area contributed by atoms with Crippen LogP contribution in [0.2, 0.25) is 5.02 Å². The molecule has 0 atom stereocenters. The summed E-state index contributed by atoms with van der Waals surface area (Å²) in [6.07, 6.45) is 6.46. The van der Waals surface area contributed by atoms with Crippen LogP contribution in [-0.2, 0) is 10.0 Å². The van der Waals surface area contributed by atoms with E-state index in [-0.39, 0.29) is 0 Å². The van der Waals surface area contributed by atoms with Crippen molar-refractivity contribution in [3.05, 3.63) is 53.5 Å². The normalized spacial score (nSPS) is 11.7. The SMILES string of the molecule is CS(=O)(=O)Nc1ccc(NC/C=C/c2ccco2)cc1Cl. The van der Waals surface area contributed by atoms with Gasteiger partial charge in [-0.2, -0.15) is 0 Å². The van der Waals surface area contributed by atoms with Gasteiger partial charge in [0.2, 0.25) is 10.0 Å². The van der Waals surface area contributed by atoms with E-state index >= 15 is 0 Å². The van der Waals surface area contributed by atoms with Gasteiger partial charge in [-0.15, -0.1) is 0 Å². The first kappa shape index (κ1) is 15.5. The minimum atomic E-state index is -3.33. The average molecular weight is 327 g/mol. The van der Waals surface area contributed by atoms with E-state index in [1.807, 2.05) is 24.3 Å². The van der Waals surface area contributed by atoms with Crippen LogP contribution >= 0.6 is 11.6 Å². The van der Waals surface area contributed by atoms with Crippen molar-refractivity contribution >= 4 is 39.1 Å². The quantitative estimate of drug-likeness (QED) is 0.853. The number of furan rings is 1. The smallest absolute Gasteiger partial charge is 0.229 e. The summed E-state index contributed by atoms with van der Waals surface area (Å²) >= 11 is 6.03. The number of nitrogens with one attached hydrogen (secondary N) is 2. The molecule has 0 unspecified atom stereocenters. The van der Waals surface area contributed by atoms with Gasteiger partial charge < -0.3 is 9.73 Å². The molecule has 0 saturated carbocycles. The van der Waals surface area contributed by atoms with Gasteiger partial charge in [0.1, 0.15) is 5.76 Å². The van der Waals surface area contributed by atoms with Crippen molar-refractivity contribution in [1.82, 2.24) is 0 Å². The summed E-state index contributed by atoms with van der Waals surface area (Å²) in [5, 5.41) is 3.48. The lowest BCUT2D eigenvalue weighted by molar-refractivity contribution is 0.557. The molecule has 0 aliphatic rings. The first-order valence-corrected chi connectivity index (χ1v) is 8.42. The van der Waals surface area contributed by atoms with Crippen molar-refractivity contribution in [2.75, 3.05) is 22.8 Å². The van der Waals surface area contributed by atoms with Crippen molar-refractivity contribution < 1.29 is 12.8 Å². The van der Waals surface area contributed by atoms with E-state index < -0.39 is 10.0 Å². The summed E-state index contributed by atoms with van der Waals surface area (Å²) in [7, 11) is -3.33. The maximum Gasteiger partial charge on any atom is 0.229 e. The first-order valence-electron chi connectivity index (χ1n) is 6.15. The number of rotatable bonds is 6. The van der Waals surface area contributed by atoms with E-state index in [9.17, 15) is 8.42 Å². The predicted molar refractivity (Wildman–Crippen MR) is 86.2 cm³/mol. The second-order valence-electron chi connectivity index (χ2n) is 4.37. The van der Waals surface area contributed by atoms with E-state index in [1.54, 1.807) is 24.5 Å². The van der Waals surface area contributed by atoms with Crippen LogP contribution in [0.4, 0.5) is 11.4 Å². The number of sulfonamides is 1. The van der Waals surface area contributed by atoms with Crippen LogP contribution in [0.3, 0.4) is 0 Å². The third kappa shape index (κ3) is 5.17. The van der Waals surface area contributed by atoms with Crippen LogP contribution in [-0.4, -0.2) is 21.2 Å². The Morgan fingerprint density at radius 2 is 2.14 bits per heavy atom. The fourth-order valence-electron chi connectivity index (χ4n) is 1.65. The van der Waals surface area contributed by atoms with Crippen LogP contribution < -0.4 is 10.0 Å². The van der Waals surface area contributed by atoms with E-state index in [0.717, 1.165) is 17.7 Å². The van der Waals surface area contributed by atoms with E-state index in [2.05, 4.69) is 10.0 Å². The minimum Gasteiger partial charge on any atom is -0.465 e. The third-order valence-electron chi connectivity index (χ3n) is 2.51. The molecule has 1 heterocycles. The number of hydrogen-bond donors (Lipinski definition) is 2. The fourth-order valence-corrected chi connectivity index (χ4v) is 2.51. The van der Waals surface area contributed by atoms with Crippen molar-refractivity contribution in [2.24, 2.45) is 0 Å². The van der Waals surface area contributed by atoms with Crippen LogP contribution in [0.25, 0.3) is 6.08 Å². The second-order valence-corrected chi connectivity index (χ2v) is 6.52. The molecule has 2 rings (SSSR count). The van der Waals surface area contributed by atoms with Gasteiger partial charge in [0, 0.05) is 12.2 Å². The standard InChI is InChI=1S/C14H15ClN2O3S/c1-21(18,19)17-14-7-6-11(10-13(14)15)16-8-2-4-12-5-3-9-20-12/h2-7,9-10,16-17H,8H2,1H3/b4-2+. The largest absolute Gasteiger partial charge is 0.465 e. The molecule has 0 spiro atoms. The van der Waals surface area contributed by atoms with Crippen LogP contribution in [0.1, 0.15) is 5.76 Å². The van der Waals surface area contributed by atoms with Gasteiger partial charge in [0.25, 0.3) is 0 Å². The highest BCUT2D eigenvalue weighted by molar-refractivity contribution is 7.92. The van der Waals surface area contributed by atoms with Crippen molar-refractivity contribution in [2.45, 2.75) is 0 Å². The molecule has 2 aromatic rings. The first-order chi connectivity index (χ1) is 9.94. The molecule has 0 fully saturated rings. The minimum absolute atomic E-state index is 0.334. The van der Waals surface area contributed by atoms with E-state index in [0.29, 0.717) is 17.3 Å². The molecule has 1 aromatic carbocycles. The maximum absolute atomic E-state index is 11.2. The Morgan fingerprint density at radius 3 is 2.76 bits per heavy atom. The van der Waals surface area contributed by atoms with Crippen LogP contribution in [0.5, 0.6) is 0 Å². The van der Waals surface area contributed by atoms with Crippen molar-refractivity contribution in [3.8, 4) is 0 Å². The maximum atomic E-state index is 11.2. The average Bonchev–Trinajstić information content (AvgIpc) is 2.89. The Bertz CT molecular complexity index is 725. The molecular weight excluding hydrogens is 312 g/mol. The molecule has 0 bridgehead atoms. The second kappa shape index (κ2) is 6.69. The Labute approximate surface area is 128 Å². The van der Waals surface area contributed by atoms with Gasteiger partial charge in [0.15, 0.2) is 0 Å². The van der Waals surface area contributed by atoms with Gasteiger partial charge in [-0.05, 0) is 36.4 Å². The molecule has 0 radical (unpaired) electrons. The molecule has 0 saturated heterocycles. The van der Waals surface area contributed by atoms with Gasteiger partial charge in [-0.3, -0.25) is 4.72 Å². The number of benzene rings is 1. The Morgan fingerprint density at radius 1 is 1.33 bits per heavy atom. The molecule has 112 valence electrons. The highest BCUT2D eigenvalue weighted by Gasteiger charge is 2.06. The zero-order valence-electron chi connectivity index (χ0n) is 11.3. The van der Waals surface area contributed by atoms with E-state index in [4.69, 9.17) is 16.0 Å². The van der Waals surface area contributed by atoms with Gasteiger partial charge in [-0.1, -0.05) is 17.7 Å². The molecule has 5 nitrogen and oxygen atoms in total. The summed E-state index contributed by atoms with van der Waals surface area (Å²) in [5.41, 5.74) is 1.15. The van der Waals surface area contributed by atoms with Gasteiger partial charge >= 0.3 is 0 Å². The molecule has 0 amide bonds. The van der Waals surface area contributed by atoms with Crippen molar-refractivity contribution in [1.29, 1.82) is 0 Å². The molecule has 0 aliphatic heterocycles. The van der Waals surface area contributed by atoms with Crippen molar-refractivity contribution in [3.63, 3.8) is 0 Å². The lowest BCUT2D eigenvalue weighted by atomic mass is 10.3. The molecule has 1 aromatic heterocycles. The zero-order chi connectivity index (χ0) is 15.3. The molecular formula is C14H15ClN2O3S. The molecule has 2 N–H and O–H groups in total.